The van der Waals surface area contributed by atoms with Gasteiger partial charge in [-0.05, 0) is 36.1 Å². The highest BCUT2D eigenvalue weighted by molar-refractivity contribution is 7.88. The Labute approximate surface area is 147 Å². The van der Waals surface area contributed by atoms with E-state index in [0.29, 0.717) is 35.9 Å². The van der Waals surface area contributed by atoms with Gasteiger partial charge in [0.1, 0.15) is 0 Å². The van der Waals surface area contributed by atoms with E-state index < -0.39 is 15.6 Å². The molecule has 0 radical (unpaired) electrons. The average Bonchev–Trinajstić information content (AvgIpc) is 2.93. The summed E-state index contributed by atoms with van der Waals surface area (Å²) in [6, 6.07) is 13.1. The van der Waals surface area contributed by atoms with Gasteiger partial charge in [0.25, 0.3) is 0 Å². The first-order chi connectivity index (χ1) is 12.3. The molecule has 0 atom stereocenters. The molecule has 8 heteroatoms. The van der Waals surface area contributed by atoms with Crippen molar-refractivity contribution in [2.24, 2.45) is 0 Å². The summed E-state index contributed by atoms with van der Waals surface area (Å²) >= 11 is 0. The van der Waals surface area contributed by atoms with Gasteiger partial charge in [0.2, 0.25) is 0 Å². The van der Waals surface area contributed by atoms with E-state index in [-0.39, 0.29) is 5.75 Å². The van der Waals surface area contributed by atoms with Crippen molar-refractivity contribution < 1.29 is 25.8 Å². The second kappa shape index (κ2) is 5.77. The van der Waals surface area contributed by atoms with Gasteiger partial charge >= 0.3 is 15.6 Å². The lowest BCUT2D eigenvalue weighted by molar-refractivity contribution is -0.0499. The van der Waals surface area contributed by atoms with Crippen LogP contribution in [0.1, 0.15) is 16.7 Å². The Morgan fingerprint density at radius 3 is 2.42 bits per heavy atom. The van der Waals surface area contributed by atoms with Gasteiger partial charge in [-0.1, -0.05) is 30.3 Å². The molecule has 26 heavy (non-hydrogen) atoms. The number of halogens is 3. The molecule has 0 bridgehead atoms. The standard InChI is InChI=1S/C18H14F3NO3S/c19-18(20,21)26(23,24)25-17-14-7-6-13(14)10-16-15(17)8-9-22(16)11-12-4-2-1-3-5-12/h1-5,8-10H,6-7,11H2. The van der Waals surface area contributed by atoms with E-state index in [9.17, 15) is 21.6 Å². The molecule has 0 unspecified atom stereocenters. The number of aryl methyl sites for hydroxylation is 1. The number of fused-ring (bicyclic) bond motifs is 2. The van der Waals surface area contributed by atoms with Crippen LogP contribution in [0.15, 0.2) is 48.7 Å². The Kier molecular flexibility index (Phi) is 3.76. The van der Waals surface area contributed by atoms with Crippen molar-refractivity contribution in [2.75, 3.05) is 0 Å². The molecule has 0 aliphatic heterocycles. The molecule has 0 N–H and O–H groups in total. The van der Waals surface area contributed by atoms with Crippen LogP contribution >= 0.6 is 0 Å². The number of hydrogen-bond donors (Lipinski definition) is 0. The first-order valence-corrected chi connectivity index (χ1v) is 9.35. The summed E-state index contributed by atoms with van der Waals surface area (Å²) in [6.07, 6.45) is 2.91. The van der Waals surface area contributed by atoms with E-state index in [2.05, 4.69) is 4.18 Å². The summed E-state index contributed by atoms with van der Waals surface area (Å²) < 4.78 is 67.6. The van der Waals surface area contributed by atoms with Gasteiger partial charge in [-0.25, -0.2) is 0 Å². The number of hydrogen-bond acceptors (Lipinski definition) is 3. The molecular formula is C18H14F3NO3S. The van der Waals surface area contributed by atoms with Gasteiger partial charge in [0, 0.05) is 23.7 Å². The fourth-order valence-corrected chi connectivity index (χ4v) is 3.65. The molecule has 2 aromatic carbocycles. The van der Waals surface area contributed by atoms with Crippen molar-refractivity contribution in [2.45, 2.75) is 24.9 Å². The minimum absolute atomic E-state index is 0.201. The van der Waals surface area contributed by atoms with Crippen molar-refractivity contribution >= 4 is 21.0 Å². The highest BCUT2D eigenvalue weighted by Gasteiger charge is 2.49. The number of aromatic nitrogens is 1. The maximum atomic E-state index is 12.7. The molecule has 0 saturated carbocycles. The number of alkyl halides is 3. The van der Waals surface area contributed by atoms with Gasteiger partial charge in [0.05, 0.1) is 5.52 Å². The SMILES string of the molecule is O=S(=O)(Oc1c2c(cc3c1ccn3Cc1ccccc1)CC2)C(F)(F)F. The van der Waals surface area contributed by atoms with Crippen LogP contribution in [0.4, 0.5) is 13.2 Å². The topological polar surface area (TPSA) is 48.3 Å². The maximum Gasteiger partial charge on any atom is 0.534 e. The second-order valence-corrected chi connectivity index (χ2v) is 7.73. The lowest BCUT2D eigenvalue weighted by Crippen LogP contribution is -2.29. The second-order valence-electron chi connectivity index (χ2n) is 6.19. The largest absolute Gasteiger partial charge is 0.534 e. The molecule has 1 aliphatic rings. The molecule has 4 rings (SSSR count). The highest BCUT2D eigenvalue weighted by atomic mass is 32.2. The number of benzene rings is 2. The van der Waals surface area contributed by atoms with Crippen molar-refractivity contribution in [3.05, 3.63) is 65.4 Å². The van der Waals surface area contributed by atoms with Crippen LogP contribution in [0.25, 0.3) is 10.9 Å². The lowest BCUT2D eigenvalue weighted by Gasteiger charge is -2.24. The van der Waals surface area contributed by atoms with Crippen LogP contribution in [0.2, 0.25) is 0 Å². The quantitative estimate of drug-likeness (QED) is 0.507. The molecule has 1 aromatic heterocycles. The fourth-order valence-electron chi connectivity index (χ4n) is 3.15. The Morgan fingerprint density at radius 2 is 1.81 bits per heavy atom. The van der Waals surface area contributed by atoms with Crippen LogP contribution < -0.4 is 4.18 Å². The Balaban J connectivity index is 1.81. The predicted molar refractivity (Wildman–Crippen MR) is 90.5 cm³/mol. The summed E-state index contributed by atoms with van der Waals surface area (Å²) in [6.45, 7) is 0.522. The monoisotopic (exact) mass is 381 g/mol. The van der Waals surface area contributed by atoms with Crippen molar-refractivity contribution in [1.82, 2.24) is 4.57 Å². The molecule has 4 nitrogen and oxygen atoms in total. The maximum absolute atomic E-state index is 12.7. The summed E-state index contributed by atoms with van der Waals surface area (Å²) in [4.78, 5) is 0. The fraction of sp³-hybridized carbons (Fsp3) is 0.222. The van der Waals surface area contributed by atoms with E-state index >= 15 is 0 Å². The van der Waals surface area contributed by atoms with Crippen LogP contribution in [0.3, 0.4) is 0 Å². The Hall–Kier alpha value is -2.48. The first-order valence-electron chi connectivity index (χ1n) is 7.94. The average molecular weight is 381 g/mol. The molecule has 136 valence electrons. The first kappa shape index (κ1) is 17.0. The minimum atomic E-state index is -5.71. The van der Waals surface area contributed by atoms with Crippen molar-refractivity contribution in [3.63, 3.8) is 0 Å². The highest BCUT2D eigenvalue weighted by Crippen LogP contribution is 2.41. The Bertz CT molecular complexity index is 1090. The molecule has 1 heterocycles. The van der Waals surface area contributed by atoms with Crippen LogP contribution in [-0.2, 0) is 29.5 Å². The van der Waals surface area contributed by atoms with E-state index in [1.807, 2.05) is 41.0 Å². The van der Waals surface area contributed by atoms with Gasteiger partial charge in [-0.3, -0.25) is 0 Å². The van der Waals surface area contributed by atoms with E-state index in [1.165, 1.54) is 0 Å². The van der Waals surface area contributed by atoms with E-state index in [1.54, 1.807) is 12.3 Å². The zero-order valence-electron chi connectivity index (χ0n) is 13.5. The van der Waals surface area contributed by atoms with Gasteiger partial charge in [0.15, 0.2) is 5.75 Å². The molecule has 0 amide bonds. The van der Waals surface area contributed by atoms with Crippen molar-refractivity contribution in [3.8, 4) is 5.75 Å². The normalized spacial score (nSPS) is 14.1. The third-order valence-electron chi connectivity index (χ3n) is 4.54. The summed E-state index contributed by atoms with van der Waals surface area (Å²) in [7, 11) is -5.71. The molecule has 0 saturated heterocycles. The third kappa shape index (κ3) is 2.74. The smallest absolute Gasteiger partial charge is 0.375 e. The Morgan fingerprint density at radius 1 is 1.08 bits per heavy atom. The number of nitrogens with zero attached hydrogens (tertiary/aromatic N) is 1. The lowest BCUT2D eigenvalue weighted by atomic mass is 9.86. The molecule has 3 aromatic rings. The zero-order chi connectivity index (χ0) is 18.5. The third-order valence-corrected chi connectivity index (χ3v) is 5.49. The molecule has 0 spiro atoms. The zero-order valence-corrected chi connectivity index (χ0v) is 14.3. The van der Waals surface area contributed by atoms with Gasteiger partial charge < -0.3 is 8.75 Å². The van der Waals surface area contributed by atoms with E-state index in [0.717, 1.165) is 11.1 Å². The minimum Gasteiger partial charge on any atom is -0.375 e. The summed E-state index contributed by atoms with van der Waals surface area (Å²) in [5.74, 6) is -0.201. The molecule has 1 aliphatic carbocycles. The van der Waals surface area contributed by atoms with Crippen LogP contribution in [0, 0.1) is 0 Å². The van der Waals surface area contributed by atoms with E-state index in [4.69, 9.17) is 0 Å². The van der Waals surface area contributed by atoms with Crippen LogP contribution in [-0.4, -0.2) is 18.5 Å². The number of rotatable bonds is 4. The van der Waals surface area contributed by atoms with Gasteiger partial charge in [-0.2, -0.15) is 21.6 Å². The van der Waals surface area contributed by atoms with Crippen LogP contribution in [0.5, 0.6) is 5.75 Å². The van der Waals surface area contributed by atoms with Gasteiger partial charge in [-0.15, -0.1) is 0 Å². The summed E-state index contributed by atoms with van der Waals surface area (Å²) in [5, 5.41) is 0.368. The summed E-state index contributed by atoms with van der Waals surface area (Å²) in [5.41, 5.74) is -2.43. The molecule has 0 fully saturated rings. The predicted octanol–water partition coefficient (Wildman–Crippen LogP) is 4.02. The van der Waals surface area contributed by atoms with Crippen molar-refractivity contribution in [1.29, 1.82) is 0 Å². The molecular weight excluding hydrogens is 367 g/mol.